The second-order valence-corrected chi connectivity index (χ2v) is 8.17. The topological polar surface area (TPSA) is 75.7 Å². The van der Waals surface area contributed by atoms with Gasteiger partial charge in [0.15, 0.2) is 0 Å². The van der Waals surface area contributed by atoms with E-state index in [1.165, 1.54) is 20.1 Å². The van der Waals surface area contributed by atoms with Crippen molar-refractivity contribution in [2.45, 2.75) is 18.2 Å². The molecule has 132 valence electrons. The molecule has 6 nitrogen and oxygen atoms in total. The molecule has 8 heteroatoms. The van der Waals surface area contributed by atoms with Crippen molar-refractivity contribution in [3.8, 4) is 5.75 Å². The van der Waals surface area contributed by atoms with Crippen LogP contribution in [-0.4, -0.2) is 28.0 Å². The molecule has 0 bridgehead atoms. The van der Waals surface area contributed by atoms with E-state index in [0.29, 0.717) is 34.6 Å². The Morgan fingerprint density at radius 2 is 2.04 bits per heavy atom. The van der Waals surface area contributed by atoms with Gasteiger partial charge < -0.3 is 9.64 Å². The van der Waals surface area contributed by atoms with Crippen molar-refractivity contribution in [1.29, 1.82) is 0 Å². The van der Waals surface area contributed by atoms with Crippen molar-refractivity contribution >= 4 is 43.2 Å². The number of nitrogens with one attached hydrogen (secondary N) is 1. The molecule has 0 saturated carbocycles. The van der Waals surface area contributed by atoms with Crippen molar-refractivity contribution in [3.63, 3.8) is 0 Å². The summed E-state index contributed by atoms with van der Waals surface area (Å²) in [6.45, 7) is 2.03. The molecule has 3 rings (SSSR count). The highest BCUT2D eigenvalue weighted by Crippen LogP contribution is 2.36. The van der Waals surface area contributed by atoms with E-state index in [0.717, 1.165) is 5.56 Å². The minimum atomic E-state index is -3.83. The van der Waals surface area contributed by atoms with E-state index in [9.17, 15) is 13.2 Å². The summed E-state index contributed by atoms with van der Waals surface area (Å²) < 4.78 is 33.7. The number of fused-ring (bicyclic) bond motifs is 1. The fourth-order valence-electron chi connectivity index (χ4n) is 2.82. The number of anilines is 2. The number of rotatable bonds is 4. The van der Waals surface area contributed by atoms with Gasteiger partial charge in [-0.2, -0.15) is 0 Å². The first-order chi connectivity index (χ1) is 11.8. The molecule has 0 radical (unpaired) electrons. The molecular weight excluding hydrogens is 408 g/mol. The number of halogens is 1. The van der Waals surface area contributed by atoms with Crippen LogP contribution >= 0.6 is 15.9 Å². The van der Waals surface area contributed by atoms with Crippen LogP contribution in [0.15, 0.2) is 45.8 Å². The van der Waals surface area contributed by atoms with Crippen LogP contribution in [0.2, 0.25) is 0 Å². The largest absolute Gasteiger partial charge is 0.497 e. The summed E-state index contributed by atoms with van der Waals surface area (Å²) in [6, 6.07) is 9.97. The third-order valence-corrected chi connectivity index (χ3v) is 6.36. The van der Waals surface area contributed by atoms with Crippen molar-refractivity contribution in [3.05, 3.63) is 46.4 Å². The highest BCUT2D eigenvalue weighted by molar-refractivity contribution is 9.10. The zero-order chi connectivity index (χ0) is 18.2. The van der Waals surface area contributed by atoms with Crippen LogP contribution in [0.25, 0.3) is 0 Å². The van der Waals surface area contributed by atoms with E-state index < -0.39 is 10.0 Å². The molecular formula is C17H17BrN2O4S. The fourth-order valence-corrected chi connectivity index (χ4v) is 4.98. The molecule has 2 aromatic carbocycles. The van der Waals surface area contributed by atoms with E-state index in [1.54, 1.807) is 35.2 Å². The van der Waals surface area contributed by atoms with Crippen LogP contribution < -0.4 is 14.4 Å². The summed E-state index contributed by atoms with van der Waals surface area (Å²) in [5, 5.41) is 0. The molecule has 0 atom stereocenters. The van der Waals surface area contributed by atoms with E-state index in [2.05, 4.69) is 20.7 Å². The Kier molecular flexibility index (Phi) is 4.75. The average Bonchev–Trinajstić information content (AvgIpc) is 2.96. The molecule has 1 aliphatic rings. The molecule has 2 aromatic rings. The van der Waals surface area contributed by atoms with Gasteiger partial charge in [0.1, 0.15) is 10.6 Å². The molecule has 1 N–H and O–H groups in total. The van der Waals surface area contributed by atoms with Crippen LogP contribution in [0.3, 0.4) is 0 Å². The van der Waals surface area contributed by atoms with Crippen LogP contribution in [-0.2, 0) is 21.2 Å². The third kappa shape index (κ3) is 3.50. The van der Waals surface area contributed by atoms with Gasteiger partial charge in [-0.05, 0) is 52.2 Å². The lowest BCUT2D eigenvalue weighted by Gasteiger charge is -2.17. The Hall–Kier alpha value is -2.06. The lowest BCUT2D eigenvalue weighted by atomic mass is 10.2. The Balaban J connectivity index is 2.00. The van der Waals surface area contributed by atoms with Gasteiger partial charge in [0.25, 0.3) is 10.0 Å². The summed E-state index contributed by atoms with van der Waals surface area (Å²) in [5.74, 6) is 0.446. The predicted octanol–water partition coefficient (Wildman–Crippen LogP) is 3.17. The lowest BCUT2D eigenvalue weighted by molar-refractivity contribution is -0.116. The number of carbonyl (C=O) groups excluding carboxylic acids is 1. The number of amides is 1. The Labute approximate surface area is 155 Å². The lowest BCUT2D eigenvalue weighted by Crippen LogP contribution is -2.26. The number of hydrogen-bond acceptors (Lipinski definition) is 4. The Morgan fingerprint density at radius 1 is 1.28 bits per heavy atom. The first kappa shape index (κ1) is 17.8. The number of carbonyl (C=O) groups is 1. The first-order valence-corrected chi connectivity index (χ1v) is 9.87. The van der Waals surface area contributed by atoms with Gasteiger partial charge in [-0.1, -0.05) is 6.07 Å². The van der Waals surface area contributed by atoms with E-state index in [4.69, 9.17) is 4.74 Å². The normalized spacial score (nSPS) is 13.5. The smallest absolute Gasteiger partial charge is 0.263 e. The highest BCUT2D eigenvalue weighted by Gasteiger charge is 2.27. The zero-order valence-corrected chi connectivity index (χ0v) is 16.1. The number of sulfonamides is 1. The van der Waals surface area contributed by atoms with Crippen molar-refractivity contribution in [1.82, 2.24) is 0 Å². The summed E-state index contributed by atoms with van der Waals surface area (Å²) >= 11 is 3.34. The summed E-state index contributed by atoms with van der Waals surface area (Å²) in [7, 11) is -2.32. The Morgan fingerprint density at radius 3 is 2.72 bits per heavy atom. The second kappa shape index (κ2) is 6.68. The molecule has 0 unspecified atom stereocenters. The highest BCUT2D eigenvalue weighted by atomic mass is 79.9. The fraction of sp³-hybridized carbons (Fsp3) is 0.235. The molecule has 0 spiro atoms. The van der Waals surface area contributed by atoms with Crippen molar-refractivity contribution in [2.24, 2.45) is 0 Å². The zero-order valence-electron chi connectivity index (χ0n) is 13.7. The average molecular weight is 425 g/mol. The second-order valence-electron chi connectivity index (χ2n) is 5.67. The number of nitrogens with zero attached hydrogens (tertiary/aromatic N) is 1. The van der Waals surface area contributed by atoms with Crippen LogP contribution in [0, 0.1) is 0 Å². The summed E-state index contributed by atoms with van der Waals surface area (Å²) in [5.41, 5.74) is 1.99. The van der Waals surface area contributed by atoms with Crippen molar-refractivity contribution in [2.75, 3.05) is 23.3 Å². The van der Waals surface area contributed by atoms with E-state index in [-0.39, 0.29) is 10.8 Å². The Bertz CT molecular complexity index is 944. The van der Waals surface area contributed by atoms with E-state index in [1.807, 2.05) is 0 Å². The maximum absolute atomic E-state index is 12.8. The molecule has 1 amide bonds. The maximum atomic E-state index is 12.8. The molecule has 0 aliphatic carbocycles. The van der Waals surface area contributed by atoms with Crippen molar-refractivity contribution < 1.29 is 17.9 Å². The van der Waals surface area contributed by atoms with Gasteiger partial charge in [-0.3, -0.25) is 9.52 Å². The van der Waals surface area contributed by atoms with E-state index >= 15 is 0 Å². The minimum absolute atomic E-state index is 0.0854. The number of benzene rings is 2. The quantitative estimate of drug-likeness (QED) is 0.817. The first-order valence-electron chi connectivity index (χ1n) is 7.59. The molecule has 25 heavy (non-hydrogen) atoms. The third-order valence-electron chi connectivity index (χ3n) is 4.02. The monoisotopic (exact) mass is 424 g/mol. The molecule has 0 saturated heterocycles. The van der Waals surface area contributed by atoms with Crippen LogP contribution in [0.1, 0.15) is 12.5 Å². The molecule has 0 fully saturated rings. The standard InChI is InChI=1S/C17H17BrN2O4S/c1-11(21)20-7-6-12-8-15(18)17(10-16(12)20)25(22,23)19-13-4-3-5-14(9-13)24-2/h3-5,8-10,19H,6-7H2,1-2H3. The number of hydrogen-bond donors (Lipinski definition) is 1. The van der Waals surface area contributed by atoms with Gasteiger partial charge in [-0.25, -0.2) is 8.42 Å². The molecule has 0 aromatic heterocycles. The number of methoxy groups -OCH3 is 1. The summed E-state index contributed by atoms with van der Waals surface area (Å²) in [4.78, 5) is 13.4. The van der Waals surface area contributed by atoms with Gasteiger partial charge in [0, 0.05) is 29.7 Å². The molecule has 1 heterocycles. The number of ether oxygens (including phenoxy) is 1. The van der Waals surface area contributed by atoms with Crippen LogP contribution in [0.4, 0.5) is 11.4 Å². The minimum Gasteiger partial charge on any atom is -0.497 e. The predicted molar refractivity (Wildman–Crippen MR) is 99.7 cm³/mol. The van der Waals surface area contributed by atoms with Gasteiger partial charge in [0.2, 0.25) is 5.91 Å². The SMILES string of the molecule is COc1cccc(NS(=O)(=O)c2cc3c(cc2Br)CCN3C(C)=O)c1. The molecule has 1 aliphatic heterocycles. The van der Waals surface area contributed by atoms with Gasteiger partial charge in [-0.15, -0.1) is 0 Å². The van der Waals surface area contributed by atoms with Crippen LogP contribution in [0.5, 0.6) is 5.75 Å². The van der Waals surface area contributed by atoms with Gasteiger partial charge >= 0.3 is 0 Å². The van der Waals surface area contributed by atoms with Gasteiger partial charge in [0.05, 0.1) is 12.8 Å². The summed E-state index contributed by atoms with van der Waals surface area (Å²) in [6.07, 6.45) is 0.706. The maximum Gasteiger partial charge on any atom is 0.263 e.